The zero-order chi connectivity index (χ0) is 16.3. The number of rotatable bonds is 8. The summed E-state index contributed by atoms with van der Waals surface area (Å²) >= 11 is 0. The number of unbranched alkanes of at least 4 members (excludes halogenated alkanes) is 1. The van der Waals surface area contributed by atoms with Crippen LogP contribution in [-0.4, -0.2) is 75.7 Å². The summed E-state index contributed by atoms with van der Waals surface area (Å²) in [6, 6.07) is 0. The maximum absolute atomic E-state index is 5.92. The SMILES string of the molecule is CCCCOCCN=C(NCC)N1CCOC(C2CCCO2)C1. The average Bonchev–Trinajstić information content (AvgIpc) is 3.12. The summed E-state index contributed by atoms with van der Waals surface area (Å²) in [6.07, 6.45) is 4.96. The van der Waals surface area contributed by atoms with Crippen LogP contribution in [0.3, 0.4) is 0 Å². The van der Waals surface area contributed by atoms with Crippen LogP contribution in [-0.2, 0) is 14.2 Å². The van der Waals surface area contributed by atoms with E-state index in [1.165, 1.54) is 6.42 Å². The molecular formula is C17H33N3O3. The van der Waals surface area contributed by atoms with Crippen LogP contribution >= 0.6 is 0 Å². The molecule has 2 saturated heterocycles. The Balaban J connectivity index is 1.80. The van der Waals surface area contributed by atoms with Crippen molar-refractivity contribution in [3.05, 3.63) is 0 Å². The van der Waals surface area contributed by atoms with E-state index >= 15 is 0 Å². The van der Waals surface area contributed by atoms with Gasteiger partial charge in [0.1, 0.15) is 6.10 Å². The highest BCUT2D eigenvalue weighted by Gasteiger charge is 2.32. The van der Waals surface area contributed by atoms with Gasteiger partial charge in [-0.2, -0.15) is 0 Å². The molecule has 2 aliphatic heterocycles. The standard InChI is InChI=1S/C17H33N3O3/c1-3-5-10-21-12-8-19-17(18-4-2)20-9-13-23-16(14-20)15-7-6-11-22-15/h15-16H,3-14H2,1-2H3,(H,18,19). The first-order chi connectivity index (χ1) is 11.3. The van der Waals surface area contributed by atoms with E-state index in [4.69, 9.17) is 19.2 Å². The Bertz CT molecular complexity index is 346. The van der Waals surface area contributed by atoms with Crippen LogP contribution in [0, 0.1) is 0 Å². The molecule has 0 amide bonds. The van der Waals surface area contributed by atoms with Crippen LogP contribution in [0.1, 0.15) is 39.5 Å². The summed E-state index contributed by atoms with van der Waals surface area (Å²) < 4.78 is 17.3. The summed E-state index contributed by atoms with van der Waals surface area (Å²) in [5, 5.41) is 3.39. The van der Waals surface area contributed by atoms with E-state index in [0.717, 1.165) is 64.7 Å². The third-order valence-electron chi connectivity index (χ3n) is 4.25. The molecule has 2 aliphatic rings. The summed E-state index contributed by atoms with van der Waals surface area (Å²) in [5.74, 6) is 0.970. The van der Waals surface area contributed by atoms with Gasteiger partial charge in [-0.1, -0.05) is 13.3 Å². The number of nitrogens with zero attached hydrogens (tertiary/aromatic N) is 2. The molecule has 6 nitrogen and oxygen atoms in total. The van der Waals surface area contributed by atoms with Gasteiger partial charge >= 0.3 is 0 Å². The molecule has 0 aromatic carbocycles. The molecule has 23 heavy (non-hydrogen) atoms. The number of ether oxygens (including phenoxy) is 3. The minimum absolute atomic E-state index is 0.163. The van der Waals surface area contributed by atoms with Gasteiger partial charge in [0, 0.05) is 32.8 Å². The lowest BCUT2D eigenvalue weighted by Crippen LogP contribution is -2.53. The van der Waals surface area contributed by atoms with Gasteiger partial charge in [-0.3, -0.25) is 4.99 Å². The highest BCUT2D eigenvalue weighted by molar-refractivity contribution is 5.80. The first-order valence-electron chi connectivity index (χ1n) is 9.19. The Labute approximate surface area is 140 Å². The van der Waals surface area contributed by atoms with Crippen LogP contribution in [0.25, 0.3) is 0 Å². The van der Waals surface area contributed by atoms with E-state index in [1.54, 1.807) is 0 Å². The van der Waals surface area contributed by atoms with Crippen molar-refractivity contribution in [3.8, 4) is 0 Å². The van der Waals surface area contributed by atoms with Crippen LogP contribution in [0.15, 0.2) is 4.99 Å². The number of guanidine groups is 1. The Morgan fingerprint density at radius 3 is 2.83 bits per heavy atom. The van der Waals surface area contributed by atoms with Crippen molar-refractivity contribution < 1.29 is 14.2 Å². The van der Waals surface area contributed by atoms with Gasteiger partial charge in [-0.15, -0.1) is 0 Å². The molecule has 2 rings (SSSR count). The monoisotopic (exact) mass is 327 g/mol. The van der Waals surface area contributed by atoms with E-state index in [-0.39, 0.29) is 12.2 Å². The molecule has 0 bridgehead atoms. The van der Waals surface area contributed by atoms with Crippen molar-refractivity contribution in [3.63, 3.8) is 0 Å². The third kappa shape index (κ3) is 6.28. The van der Waals surface area contributed by atoms with E-state index in [1.807, 2.05) is 0 Å². The van der Waals surface area contributed by atoms with Gasteiger partial charge in [0.05, 0.1) is 25.9 Å². The van der Waals surface area contributed by atoms with Gasteiger partial charge in [-0.25, -0.2) is 0 Å². The average molecular weight is 327 g/mol. The van der Waals surface area contributed by atoms with Gasteiger partial charge in [0.2, 0.25) is 0 Å². The molecule has 134 valence electrons. The molecular weight excluding hydrogens is 294 g/mol. The van der Waals surface area contributed by atoms with Crippen molar-refractivity contribution in [1.82, 2.24) is 10.2 Å². The molecule has 1 N–H and O–H groups in total. The lowest BCUT2D eigenvalue weighted by molar-refractivity contribution is -0.0817. The molecule has 0 radical (unpaired) electrons. The van der Waals surface area contributed by atoms with Gasteiger partial charge < -0.3 is 24.4 Å². The fourth-order valence-electron chi connectivity index (χ4n) is 2.98. The summed E-state index contributed by atoms with van der Waals surface area (Å²) in [4.78, 5) is 7.00. The van der Waals surface area contributed by atoms with Gasteiger partial charge in [0.25, 0.3) is 0 Å². The Morgan fingerprint density at radius 1 is 1.22 bits per heavy atom. The van der Waals surface area contributed by atoms with Crippen LogP contribution < -0.4 is 5.32 Å². The number of aliphatic imine (C=N–C) groups is 1. The quantitative estimate of drug-likeness (QED) is 0.417. The molecule has 6 heteroatoms. The van der Waals surface area contributed by atoms with Crippen molar-refractivity contribution in [2.24, 2.45) is 4.99 Å². The molecule has 0 aliphatic carbocycles. The summed E-state index contributed by atoms with van der Waals surface area (Å²) in [6.45, 7) is 10.7. The smallest absolute Gasteiger partial charge is 0.194 e. The molecule has 2 heterocycles. The molecule has 0 spiro atoms. The second kappa shape index (κ2) is 10.8. The zero-order valence-electron chi connectivity index (χ0n) is 14.8. The Hall–Kier alpha value is -0.850. The number of morpholine rings is 1. The molecule has 0 aromatic rings. The van der Waals surface area contributed by atoms with Crippen LogP contribution in [0.5, 0.6) is 0 Å². The Kier molecular flexibility index (Phi) is 8.71. The number of hydrogen-bond acceptors (Lipinski definition) is 4. The van der Waals surface area contributed by atoms with E-state index in [0.29, 0.717) is 13.2 Å². The Morgan fingerprint density at radius 2 is 2.09 bits per heavy atom. The fraction of sp³-hybridized carbons (Fsp3) is 0.941. The third-order valence-corrected chi connectivity index (χ3v) is 4.25. The molecule has 2 fully saturated rings. The second-order valence-corrected chi connectivity index (χ2v) is 6.11. The first kappa shape index (κ1) is 18.5. The van der Waals surface area contributed by atoms with Gasteiger partial charge in [0.15, 0.2) is 5.96 Å². The molecule has 2 unspecified atom stereocenters. The maximum atomic E-state index is 5.92. The topological polar surface area (TPSA) is 55.3 Å². The second-order valence-electron chi connectivity index (χ2n) is 6.11. The van der Waals surface area contributed by atoms with Gasteiger partial charge in [-0.05, 0) is 26.2 Å². The summed E-state index contributed by atoms with van der Waals surface area (Å²) in [7, 11) is 0. The van der Waals surface area contributed by atoms with Crippen LogP contribution in [0.4, 0.5) is 0 Å². The normalized spacial score (nSPS) is 25.8. The summed E-state index contributed by atoms with van der Waals surface area (Å²) in [5.41, 5.74) is 0. The van der Waals surface area contributed by atoms with E-state index < -0.39 is 0 Å². The highest BCUT2D eigenvalue weighted by Crippen LogP contribution is 2.21. The molecule has 0 saturated carbocycles. The molecule has 2 atom stereocenters. The minimum atomic E-state index is 0.163. The first-order valence-corrected chi connectivity index (χ1v) is 9.19. The lowest BCUT2D eigenvalue weighted by Gasteiger charge is -2.37. The number of nitrogens with one attached hydrogen (secondary N) is 1. The van der Waals surface area contributed by atoms with Crippen LogP contribution in [0.2, 0.25) is 0 Å². The van der Waals surface area contributed by atoms with E-state index in [2.05, 4.69) is 24.1 Å². The number of hydrogen-bond donors (Lipinski definition) is 1. The highest BCUT2D eigenvalue weighted by atomic mass is 16.5. The lowest BCUT2D eigenvalue weighted by atomic mass is 10.1. The predicted octanol–water partition coefficient (Wildman–Crippen LogP) is 1.65. The minimum Gasteiger partial charge on any atom is -0.380 e. The maximum Gasteiger partial charge on any atom is 0.194 e. The van der Waals surface area contributed by atoms with E-state index in [9.17, 15) is 0 Å². The van der Waals surface area contributed by atoms with Crippen molar-refractivity contribution in [2.45, 2.75) is 51.7 Å². The largest absolute Gasteiger partial charge is 0.380 e. The predicted molar refractivity (Wildman–Crippen MR) is 92.0 cm³/mol. The zero-order valence-corrected chi connectivity index (χ0v) is 14.8. The van der Waals surface area contributed by atoms with Crippen molar-refractivity contribution in [2.75, 3.05) is 52.6 Å². The van der Waals surface area contributed by atoms with Crippen molar-refractivity contribution >= 4 is 5.96 Å². The van der Waals surface area contributed by atoms with Crippen molar-refractivity contribution in [1.29, 1.82) is 0 Å². The fourth-order valence-corrected chi connectivity index (χ4v) is 2.98. The molecule has 0 aromatic heterocycles.